The minimum Gasteiger partial charge on any atom is -0.477 e. The summed E-state index contributed by atoms with van der Waals surface area (Å²) in [6.07, 6.45) is 2.05. The highest BCUT2D eigenvalue weighted by Crippen LogP contribution is 2.29. The molecule has 20 heavy (non-hydrogen) atoms. The number of rotatable bonds is 4. The van der Waals surface area contributed by atoms with E-state index < -0.39 is 16.0 Å². The monoisotopic (exact) mass is 316 g/mol. The average molecular weight is 316 g/mol. The molecule has 8 heteroatoms. The minimum absolute atomic E-state index is 0.0410. The third-order valence-corrected chi connectivity index (χ3v) is 7.07. The summed E-state index contributed by atoms with van der Waals surface area (Å²) >= 11 is 0.793. The van der Waals surface area contributed by atoms with Gasteiger partial charge in [0.15, 0.2) is 0 Å². The van der Waals surface area contributed by atoms with Crippen molar-refractivity contribution in [2.45, 2.75) is 23.1 Å². The van der Waals surface area contributed by atoms with Gasteiger partial charge in [0, 0.05) is 12.6 Å². The summed E-state index contributed by atoms with van der Waals surface area (Å²) in [5.41, 5.74) is 0. The second-order valence-corrected chi connectivity index (χ2v) is 8.31. The van der Waals surface area contributed by atoms with Gasteiger partial charge in [0.2, 0.25) is 10.0 Å². The van der Waals surface area contributed by atoms with E-state index in [1.165, 1.54) is 12.1 Å². The van der Waals surface area contributed by atoms with E-state index in [4.69, 9.17) is 5.11 Å². The largest absolute Gasteiger partial charge is 0.477 e. The lowest BCUT2D eigenvalue weighted by atomic mass is 9.85. The van der Waals surface area contributed by atoms with Crippen molar-refractivity contribution in [3.05, 3.63) is 17.0 Å². The van der Waals surface area contributed by atoms with Crippen LogP contribution in [-0.2, 0) is 10.0 Å². The molecule has 3 aliphatic rings. The maximum absolute atomic E-state index is 12.3. The molecule has 4 rings (SSSR count). The standard InChI is InChI=1S/C12H16N2O4S2/c15-12(16)10-1-2-11(19-10)20(17,18)13-9-7-14-5-3-8(9)4-6-14/h1-2,8-9,13H,3-7H2,(H,15,16). The molecule has 1 atom stereocenters. The van der Waals surface area contributed by atoms with Crippen LogP contribution >= 0.6 is 11.3 Å². The number of carboxylic acids is 1. The van der Waals surface area contributed by atoms with E-state index in [-0.39, 0.29) is 15.1 Å². The van der Waals surface area contributed by atoms with Crippen LogP contribution in [0.2, 0.25) is 0 Å². The van der Waals surface area contributed by atoms with E-state index in [9.17, 15) is 13.2 Å². The third kappa shape index (κ3) is 2.60. The molecule has 1 aromatic heterocycles. The molecule has 6 nitrogen and oxygen atoms in total. The van der Waals surface area contributed by atoms with Crippen molar-refractivity contribution in [3.63, 3.8) is 0 Å². The Morgan fingerprint density at radius 3 is 2.55 bits per heavy atom. The number of carbonyl (C=O) groups is 1. The fourth-order valence-electron chi connectivity index (χ4n) is 2.94. The van der Waals surface area contributed by atoms with Crippen LogP contribution in [0.1, 0.15) is 22.5 Å². The van der Waals surface area contributed by atoms with Crippen molar-refractivity contribution >= 4 is 27.3 Å². The molecule has 0 amide bonds. The molecule has 2 bridgehead atoms. The van der Waals surface area contributed by atoms with E-state index in [1.807, 2.05) is 0 Å². The molecule has 1 aromatic rings. The molecule has 1 unspecified atom stereocenters. The second kappa shape index (κ2) is 5.10. The van der Waals surface area contributed by atoms with Gasteiger partial charge in [0.1, 0.15) is 9.09 Å². The summed E-state index contributed by atoms with van der Waals surface area (Å²) < 4.78 is 27.4. The van der Waals surface area contributed by atoms with Crippen LogP contribution in [0.5, 0.6) is 0 Å². The summed E-state index contributed by atoms with van der Waals surface area (Å²) in [6, 6.07) is 2.63. The van der Waals surface area contributed by atoms with Crippen molar-refractivity contribution in [2.24, 2.45) is 5.92 Å². The Labute approximate surface area is 121 Å². The molecular weight excluding hydrogens is 300 g/mol. The number of thiophene rings is 1. The van der Waals surface area contributed by atoms with Gasteiger partial charge in [-0.1, -0.05) is 0 Å². The highest BCUT2D eigenvalue weighted by atomic mass is 32.2. The lowest BCUT2D eigenvalue weighted by Gasteiger charge is -2.44. The lowest BCUT2D eigenvalue weighted by Crippen LogP contribution is -2.57. The number of carboxylic acid groups (broad SMARTS) is 1. The number of hydrogen-bond acceptors (Lipinski definition) is 5. The first-order chi connectivity index (χ1) is 9.45. The van der Waals surface area contributed by atoms with Crippen molar-refractivity contribution in [1.29, 1.82) is 0 Å². The molecule has 110 valence electrons. The zero-order valence-electron chi connectivity index (χ0n) is 10.8. The second-order valence-electron chi connectivity index (χ2n) is 5.29. The van der Waals surface area contributed by atoms with Crippen molar-refractivity contribution in [1.82, 2.24) is 9.62 Å². The van der Waals surface area contributed by atoms with Gasteiger partial charge in [-0.3, -0.25) is 0 Å². The van der Waals surface area contributed by atoms with Gasteiger partial charge in [0.05, 0.1) is 0 Å². The number of nitrogens with one attached hydrogen (secondary N) is 1. The van der Waals surface area contributed by atoms with Gasteiger partial charge in [-0.25, -0.2) is 17.9 Å². The molecule has 3 aliphatic heterocycles. The SMILES string of the molecule is O=C(O)c1ccc(S(=O)(=O)NC2CN3CCC2CC3)s1. The topological polar surface area (TPSA) is 86.7 Å². The Morgan fingerprint density at radius 1 is 1.35 bits per heavy atom. The molecule has 0 radical (unpaired) electrons. The summed E-state index contributed by atoms with van der Waals surface area (Å²) in [4.78, 5) is 13.1. The zero-order valence-corrected chi connectivity index (χ0v) is 12.4. The zero-order chi connectivity index (χ0) is 14.3. The first-order valence-corrected chi connectivity index (χ1v) is 8.83. The molecule has 2 N–H and O–H groups in total. The molecule has 4 heterocycles. The van der Waals surface area contributed by atoms with E-state index in [0.717, 1.165) is 43.8 Å². The Hall–Kier alpha value is -0.960. The minimum atomic E-state index is -3.62. The van der Waals surface area contributed by atoms with Crippen LogP contribution in [-0.4, -0.2) is 50.1 Å². The number of piperidine rings is 3. The Balaban J connectivity index is 1.76. The Morgan fingerprint density at radius 2 is 2.05 bits per heavy atom. The number of aromatic carboxylic acids is 1. The molecule has 3 saturated heterocycles. The highest BCUT2D eigenvalue weighted by molar-refractivity contribution is 7.91. The van der Waals surface area contributed by atoms with Crippen molar-refractivity contribution in [3.8, 4) is 0 Å². The van der Waals surface area contributed by atoms with Gasteiger partial charge in [-0.05, 0) is 44.0 Å². The summed E-state index contributed by atoms with van der Waals surface area (Å²) in [5.74, 6) is -0.701. The fourth-order valence-corrected chi connectivity index (χ4v) is 5.39. The number of fused-ring (bicyclic) bond motifs is 3. The van der Waals surface area contributed by atoms with Crippen LogP contribution in [0.4, 0.5) is 0 Å². The van der Waals surface area contributed by atoms with Gasteiger partial charge in [-0.15, -0.1) is 11.3 Å². The predicted octanol–water partition coefficient (Wildman–Crippen LogP) is 0.819. The molecular formula is C12H16N2O4S2. The number of nitrogens with zero attached hydrogens (tertiary/aromatic N) is 1. The fraction of sp³-hybridized carbons (Fsp3) is 0.583. The quantitative estimate of drug-likeness (QED) is 0.859. The smallest absolute Gasteiger partial charge is 0.345 e. The first kappa shape index (κ1) is 14.0. The van der Waals surface area contributed by atoms with Gasteiger partial charge >= 0.3 is 5.97 Å². The predicted molar refractivity (Wildman–Crippen MR) is 74.6 cm³/mol. The van der Waals surface area contributed by atoms with E-state index >= 15 is 0 Å². The number of sulfonamides is 1. The lowest BCUT2D eigenvalue weighted by molar-refractivity contribution is 0.0702. The van der Waals surface area contributed by atoms with Gasteiger partial charge < -0.3 is 10.0 Å². The van der Waals surface area contributed by atoms with Crippen LogP contribution in [0.3, 0.4) is 0 Å². The molecule has 3 fully saturated rings. The molecule has 0 spiro atoms. The summed E-state index contributed by atoms with van der Waals surface area (Å²) in [6.45, 7) is 2.84. The van der Waals surface area contributed by atoms with Crippen molar-refractivity contribution in [2.75, 3.05) is 19.6 Å². The molecule has 0 saturated carbocycles. The maximum Gasteiger partial charge on any atom is 0.345 e. The van der Waals surface area contributed by atoms with E-state index in [0.29, 0.717) is 5.92 Å². The van der Waals surface area contributed by atoms with Crippen LogP contribution < -0.4 is 4.72 Å². The molecule has 0 aliphatic carbocycles. The Kier molecular flexibility index (Phi) is 3.57. The Bertz CT molecular complexity index is 617. The third-order valence-electron chi connectivity index (χ3n) is 4.02. The maximum atomic E-state index is 12.3. The summed E-state index contributed by atoms with van der Waals surface area (Å²) in [5, 5.41) is 8.86. The van der Waals surface area contributed by atoms with Crippen LogP contribution in [0, 0.1) is 5.92 Å². The average Bonchev–Trinajstić information content (AvgIpc) is 2.90. The van der Waals surface area contributed by atoms with Crippen LogP contribution in [0.25, 0.3) is 0 Å². The van der Waals surface area contributed by atoms with Gasteiger partial charge in [-0.2, -0.15) is 0 Å². The van der Waals surface area contributed by atoms with Crippen LogP contribution in [0.15, 0.2) is 16.3 Å². The molecule has 0 aromatic carbocycles. The first-order valence-electron chi connectivity index (χ1n) is 6.53. The van der Waals surface area contributed by atoms with Crippen molar-refractivity contribution < 1.29 is 18.3 Å². The van der Waals surface area contributed by atoms with E-state index in [2.05, 4.69) is 9.62 Å². The van der Waals surface area contributed by atoms with Gasteiger partial charge in [0.25, 0.3) is 0 Å². The number of hydrogen-bond donors (Lipinski definition) is 2. The normalized spacial score (nSPS) is 29.5. The highest BCUT2D eigenvalue weighted by Gasteiger charge is 2.36. The summed E-state index contributed by atoms with van der Waals surface area (Å²) in [7, 11) is -3.62. The van der Waals surface area contributed by atoms with E-state index in [1.54, 1.807) is 0 Å².